The molecule has 228 valence electrons. The second-order valence-electron chi connectivity index (χ2n) is 13.4. The van der Waals surface area contributed by atoms with Crippen LogP contribution in [0.15, 0.2) is 176 Å². The van der Waals surface area contributed by atoms with Crippen molar-refractivity contribution in [2.45, 2.75) is 19.3 Å². The molecule has 0 atom stereocenters. The SMILES string of the molecule is CC1(C)c2cc(N(c3ccc(-c4cccc5ccccc45)cc3)c3cccc4ccccc34)ccc2-c2c(-c3ccccc3)cccc21. The Morgan fingerprint density at radius 3 is 1.77 bits per heavy atom. The lowest BCUT2D eigenvalue weighted by molar-refractivity contribution is 0.660. The lowest BCUT2D eigenvalue weighted by atomic mass is 9.81. The molecule has 1 nitrogen and oxygen atoms in total. The van der Waals surface area contributed by atoms with Crippen molar-refractivity contribution in [3.63, 3.8) is 0 Å². The smallest absolute Gasteiger partial charge is 0.0540 e. The van der Waals surface area contributed by atoms with Crippen LogP contribution in [0.25, 0.3) is 54.9 Å². The van der Waals surface area contributed by atoms with Gasteiger partial charge in [0.05, 0.1) is 5.69 Å². The molecule has 0 aromatic heterocycles. The van der Waals surface area contributed by atoms with Gasteiger partial charge < -0.3 is 4.90 Å². The predicted octanol–water partition coefficient (Wildman–Crippen LogP) is 13.1. The Morgan fingerprint density at radius 1 is 0.396 bits per heavy atom. The summed E-state index contributed by atoms with van der Waals surface area (Å²) in [5.74, 6) is 0. The number of fused-ring (bicyclic) bond motifs is 5. The minimum absolute atomic E-state index is 0.145. The summed E-state index contributed by atoms with van der Waals surface area (Å²) in [5.41, 5.74) is 13.7. The standard InChI is InChI=1S/C47H35N/c1-47(2)43-23-12-22-41(34-13-4-3-5-14-34)46(43)42-30-29-37(31-44(42)47)48(45-24-11-18-33-16-7-9-20-40(33)45)36-27-25-35(26-28-36)39-21-10-17-32-15-6-8-19-38(32)39/h3-31H,1-2H3. The van der Waals surface area contributed by atoms with E-state index in [9.17, 15) is 0 Å². The summed E-state index contributed by atoms with van der Waals surface area (Å²) >= 11 is 0. The number of benzene rings is 8. The van der Waals surface area contributed by atoms with E-state index >= 15 is 0 Å². The summed E-state index contributed by atoms with van der Waals surface area (Å²) < 4.78 is 0. The van der Waals surface area contributed by atoms with Crippen LogP contribution in [-0.2, 0) is 5.41 Å². The van der Waals surface area contributed by atoms with E-state index in [4.69, 9.17) is 0 Å². The molecular formula is C47H35N. The number of anilines is 3. The minimum Gasteiger partial charge on any atom is -0.310 e. The first-order chi connectivity index (χ1) is 23.6. The molecule has 9 rings (SSSR count). The molecule has 0 saturated heterocycles. The van der Waals surface area contributed by atoms with E-state index in [-0.39, 0.29) is 5.41 Å². The van der Waals surface area contributed by atoms with E-state index in [0.717, 1.165) is 11.4 Å². The Hall–Kier alpha value is -5.92. The molecule has 1 heteroatoms. The molecule has 8 aromatic carbocycles. The van der Waals surface area contributed by atoms with Gasteiger partial charge in [-0.05, 0) is 91.0 Å². The number of nitrogens with zero attached hydrogens (tertiary/aromatic N) is 1. The van der Waals surface area contributed by atoms with Crippen LogP contribution in [0.4, 0.5) is 17.1 Å². The molecule has 0 unspecified atom stereocenters. The molecule has 0 bridgehead atoms. The van der Waals surface area contributed by atoms with Gasteiger partial charge in [-0.15, -0.1) is 0 Å². The molecule has 0 radical (unpaired) electrons. The van der Waals surface area contributed by atoms with E-state index in [1.807, 2.05) is 0 Å². The molecule has 8 aromatic rings. The van der Waals surface area contributed by atoms with Gasteiger partial charge in [-0.1, -0.05) is 159 Å². The zero-order valence-corrected chi connectivity index (χ0v) is 27.2. The maximum absolute atomic E-state index is 2.44. The lowest BCUT2D eigenvalue weighted by Gasteiger charge is -2.29. The van der Waals surface area contributed by atoms with Gasteiger partial charge >= 0.3 is 0 Å². The molecule has 1 aliphatic rings. The van der Waals surface area contributed by atoms with Gasteiger partial charge in [0, 0.05) is 22.2 Å². The van der Waals surface area contributed by atoms with E-state index in [1.54, 1.807) is 0 Å². The van der Waals surface area contributed by atoms with E-state index in [2.05, 4.69) is 195 Å². The molecule has 0 amide bonds. The van der Waals surface area contributed by atoms with Crippen LogP contribution in [0, 0.1) is 0 Å². The molecule has 1 aliphatic carbocycles. The van der Waals surface area contributed by atoms with Crippen LogP contribution >= 0.6 is 0 Å². The van der Waals surface area contributed by atoms with Gasteiger partial charge in [-0.3, -0.25) is 0 Å². The van der Waals surface area contributed by atoms with Crippen LogP contribution in [0.3, 0.4) is 0 Å². The Kier molecular flexibility index (Phi) is 6.55. The summed E-state index contributed by atoms with van der Waals surface area (Å²) in [6, 6.07) is 64.3. The van der Waals surface area contributed by atoms with Crippen molar-refractivity contribution in [3.05, 3.63) is 187 Å². The van der Waals surface area contributed by atoms with E-state index in [1.165, 1.54) is 71.7 Å². The van der Waals surface area contributed by atoms with Crippen LogP contribution < -0.4 is 4.90 Å². The lowest BCUT2D eigenvalue weighted by Crippen LogP contribution is -2.16. The van der Waals surface area contributed by atoms with Gasteiger partial charge in [-0.2, -0.15) is 0 Å². The molecule has 0 heterocycles. The Balaban J connectivity index is 1.22. The van der Waals surface area contributed by atoms with Crippen molar-refractivity contribution in [1.82, 2.24) is 0 Å². The zero-order valence-electron chi connectivity index (χ0n) is 27.2. The predicted molar refractivity (Wildman–Crippen MR) is 205 cm³/mol. The monoisotopic (exact) mass is 613 g/mol. The van der Waals surface area contributed by atoms with Crippen molar-refractivity contribution in [2.75, 3.05) is 4.90 Å². The Morgan fingerprint density at radius 2 is 0.979 bits per heavy atom. The Bertz CT molecular complexity index is 2460. The fraction of sp³-hybridized carbons (Fsp3) is 0.0638. The first kappa shape index (κ1) is 28.3. The first-order valence-electron chi connectivity index (χ1n) is 16.8. The van der Waals surface area contributed by atoms with E-state index in [0.29, 0.717) is 0 Å². The van der Waals surface area contributed by atoms with Gasteiger partial charge in [0.1, 0.15) is 0 Å². The normalized spacial score (nSPS) is 13.0. The highest BCUT2D eigenvalue weighted by atomic mass is 15.1. The van der Waals surface area contributed by atoms with Gasteiger partial charge in [0.25, 0.3) is 0 Å². The average molecular weight is 614 g/mol. The fourth-order valence-corrected chi connectivity index (χ4v) is 7.87. The number of rotatable bonds is 5. The maximum Gasteiger partial charge on any atom is 0.0540 e. The molecule has 48 heavy (non-hydrogen) atoms. The molecule has 0 spiro atoms. The van der Waals surface area contributed by atoms with Gasteiger partial charge in [-0.25, -0.2) is 0 Å². The average Bonchev–Trinajstić information content (AvgIpc) is 3.38. The van der Waals surface area contributed by atoms with Crippen molar-refractivity contribution in [1.29, 1.82) is 0 Å². The first-order valence-corrected chi connectivity index (χ1v) is 16.8. The summed E-state index contributed by atoms with van der Waals surface area (Å²) in [5, 5.41) is 4.99. The highest BCUT2D eigenvalue weighted by Crippen LogP contribution is 2.54. The number of hydrogen-bond donors (Lipinski definition) is 0. The topological polar surface area (TPSA) is 3.24 Å². The highest BCUT2D eigenvalue weighted by Gasteiger charge is 2.37. The summed E-state index contributed by atoms with van der Waals surface area (Å²) in [6.45, 7) is 4.74. The summed E-state index contributed by atoms with van der Waals surface area (Å²) in [4.78, 5) is 2.44. The van der Waals surface area contributed by atoms with Gasteiger partial charge in [0.15, 0.2) is 0 Å². The molecule has 0 aliphatic heterocycles. The third-order valence-corrected chi connectivity index (χ3v) is 10.3. The molecule has 0 fully saturated rings. The van der Waals surface area contributed by atoms with Crippen LogP contribution in [0.2, 0.25) is 0 Å². The van der Waals surface area contributed by atoms with Crippen molar-refractivity contribution < 1.29 is 0 Å². The van der Waals surface area contributed by atoms with Crippen molar-refractivity contribution in [2.24, 2.45) is 0 Å². The quantitative estimate of drug-likeness (QED) is 0.187. The van der Waals surface area contributed by atoms with Crippen molar-refractivity contribution >= 4 is 38.6 Å². The fourth-order valence-electron chi connectivity index (χ4n) is 7.87. The zero-order chi connectivity index (χ0) is 32.2. The van der Waals surface area contributed by atoms with Crippen LogP contribution in [-0.4, -0.2) is 0 Å². The van der Waals surface area contributed by atoms with Crippen molar-refractivity contribution in [3.8, 4) is 33.4 Å². The minimum atomic E-state index is -0.145. The number of hydrogen-bond acceptors (Lipinski definition) is 1. The van der Waals surface area contributed by atoms with Gasteiger partial charge in [0.2, 0.25) is 0 Å². The second kappa shape index (κ2) is 11.1. The molecule has 0 saturated carbocycles. The third kappa shape index (κ3) is 4.47. The van der Waals surface area contributed by atoms with Crippen LogP contribution in [0.1, 0.15) is 25.0 Å². The molecular weight excluding hydrogens is 579 g/mol. The molecule has 0 N–H and O–H groups in total. The van der Waals surface area contributed by atoms with E-state index < -0.39 is 0 Å². The second-order valence-corrected chi connectivity index (χ2v) is 13.4. The summed E-state index contributed by atoms with van der Waals surface area (Å²) in [6.07, 6.45) is 0. The maximum atomic E-state index is 2.44. The highest BCUT2D eigenvalue weighted by molar-refractivity contribution is 6.01. The van der Waals surface area contributed by atoms with Crippen LogP contribution in [0.5, 0.6) is 0 Å². The largest absolute Gasteiger partial charge is 0.310 e. The summed E-state index contributed by atoms with van der Waals surface area (Å²) in [7, 11) is 0. The Labute approximate surface area is 282 Å². The third-order valence-electron chi connectivity index (χ3n) is 10.3.